The lowest BCUT2D eigenvalue weighted by atomic mass is 10.2. The molecule has 1 saturated heterocycles. The summed E-state index contributed by atoms with van der Waals surface area (Å²) in [6.07, 6.45) is 0. The fourth-order valence-corrected chi connectivity index (χ4v) is 5.93. The van der Waals surface area contributed by atoms with Gasteiger partial charge in [-0.05, 0) is 41.8 Å². The minimum atomic E-state index is -0.204. The molecule has 1 fully saturated rings. The van der Waals surface area contributed by atoms with E-state index in [2.05, 4.69) is 10.2 Å². The summed E-state index contributed by atoms with van der Waals surface area (Å²) in [5.41, 5.74) is 1.80. The zero-order valence-corrected chi connectivity index (χ0v) is 19.5. The van der Waals surface area contributed by atoms with Crippen LogP contribution in [0.5, 0.6) is 0 Å². The highest BCUT2D eigenvalue weighted by atomic mass is 35.5. The van der Waals surface area contributed by atoms with Crippen LogP contribution < -0.4 is 10.2 Å². The maximum absolute atomic E-state index is 12.8. The van der Waals surface area contributed by atoms with Gasteiger partial charge in [-0.25, -0.2) is 0 Å². The van der Waals surface area contributed by atoms with Crippen molar-refractivity contribution in [3.63, 3.8) is 0 Å². The maximum atomic E-state index is 12.8. The number of carbonyl (C=O) groups is 2. The molecule has 0 unspecified atom stereocenters. The fraction of sp³-hybridized carbons (Fsp3) is 0.167. The number of hydrogen-bond donors (Lipinski definition) is 1. The topological polar surface area (TPSA) is 52.7 Å². The van der Waals surface area contributed by atoms with E-state index in [0.29, 0.717) is 23.0 Å². The van der Waals surface area contributed by atoms with Gasteiger partial charge in [-0.3, -0.25) is 9.59 Å². The number of fused-ring (bicyclic) bond motifs is 1. The number of hydrogen-bond acceptors (Lipinski definition) is 5. The number of benzene rings is 2. The molecule has 2 amide bonds. The molecule has 0 spiro atoms. The quantitative estimate of drug-likeness (QED) is 0.399. The molecule has 0 bridgehead atoms. The standard InChI is InChI=1S/C24H20ClN3O2S2/c25-21-18-4-1-2-5-19(18)32-22(21)23(29)26-16-7-9-17(10-8-16)27-11-13-28(14-12-27)24(30)20-6-3-15-31-20/h1-10,15H,11-14H2,(H,26,29). The zero-order chi connectivity index (χ0) is 22.1. The molecule has 0 aliphatic carbocycles. The molecule has 162 valence electrons. The molecule has 1 aliphatic rings. The van der Waals surface area contributed by atoms with Gasteiger partial charge in [0.2, 0.25) is 0 Å². The van der Waals surface area contributed by atoms with E-state index < -0.39 is 0 Å². The van der Waals surface area contributed by atoms with Gasteiger partial charge in [-0.2, -0.15) is 0 Å². The first-order chi connectivity index (χ1) is 15.6. The normalized spacial score (nSPS) is 14.0. The minimum Gasteiger partial charge on any atom is -0.368 e. The molecule has 2 aromatic heterocycles. The Morgan fingerprint density at radius 3 is 2.34 bits per heavy atom. The third-order valence-electron chi connectivity index (χ3n) is 5.53. The summed E-state index contributed by atoms with van der Waals surface area (Å²) in [6.45, 7) is 2.94. The Labute approximate surface area is 198 Å². The first kappa shape index (κ1) is 21.0. The third-order valence-corrected chi connectivity index (χ3v) is 8.06. The van der Waals surface area contributed by atoms with Crippen molar-refractivity contribution in [2.45, 2.75) is 0 Å². The first-order valence-electron chi connectivity index (χ1n) is 10.3. The van der Waals surface area contributed by atoms with Gasteiger partial charge in [-0.1, -0.05) is 35.9 Å². The van der Waals surface area contributed by atoms with Gasteiger partial charge in [0.05, 0.1) is 9.90 Å². The molecule has 0 radical (unpaired) electrons. The van der Waals surface area contributed by atoms with Crippen LogP contribution in [0.3, 0.4) is 0 Å². The van der Waals surface area contributed by atoms with Crippen molar-refractivity contribution in [1.82, 2.24) is 4.90 Å². The molecular weight excluding hydrogens is 462 g/mol. The van der Waals surface area contributed by atoms with Crippen LogP contribution >= 0.6 is 34.3 Å². The van der Waals surface area contributed by atoms with Gasteiger partial charge in [0, 0.05) is 47.6 Å². The number of nitrogens with zero attached hydrogens (tertiary/aromatic N) is 2. The van der Waals surface area contributed by atoms with Gasteiger partial charge in [0.1, 0.15) is 4.88 Å². The SMILES string of the molecule is O=C(Nc1ccc(N2CCN(C(=O)c3cccs3)CC2)cc1)c1sc2ccccc2c1Cl. The van der Waals surface area contributed by atoms with Gasteiger partial charge < -0.3 is 15.1 Å². The minimum absolute atomic E-state index is 0.109. The van der Waals surface area contributed by atoms with E-state index in [1.165, 1.54) is 22.7 Å². The van der Waals surface area contributed by atoms with E-state index in [4.69, 9.17) is 11.6 Å². The molecule has 0 atom stereocenters. The van der Waals surface area contributed by atoms with Crippen molar-refractivity contribution >= 4 is 67.5 Å². The van der Waals surface area contributed by atoms with E-state index in [1.54, 1.807) is 0 Å². The summed E-state index contributed by atoms with van der Waals surface area (Å²) >= 11 is 9.30. The predicted molar refractivity (Wildman–Crippen MR) is 134 cm³/mol. The first-order valence-corrected chi connectivity index (χ1v) is 12.3. The number of amides is 2. The highest BCUT2D eigenvalue weighted by Gasteiger charge is 2.23. The molecule has 4 aromatic rings. The Kier molecular flexibility index (Phi) is 5.87. The maximum Gasteiger partial charge on any atom is 0.267 e. The Morgan fingerprint density at radius 2 is 1.66 bits per heavy atom. The number of thiophene rings is 2. The van der Waals surface area contributed by atoms with Crippen molar-refractivity contribution in [3.05, 3.63) is 80.8 Å². The summed E-state index contributed by atoms with van der Waals surface area (Å²) in [6, 6.07) is 19.3. The Bertz CT molecular complexity index is 1260. The van der Waals surface area contributed by atoms with Crippen LogP contribution in [0.25, 0.3) is 10.1 Å². The summed E-state index contributed by atoms with van der Waals surface area (Å²) in [5.74, 6) is -0.0951. The number of anilines is 2. The van der Waals surface area contributed by atoms with E-state index >= 15 is 0 Å². The van der Waals surface area contributed by atoms with Crippen LogP contribution in [0.2, 0.25) is 5.02 Å². The molecule has 2 aromatic carbocycles. The fourth-order valence-electron chi connectivity index (χ4n) is 3.83. The van der Waals surface area contributed by atoms with Crippen LogP contribution in [0, 0.1) is 0 Å². The van der Waals surface area contributed by atoms with Crippen molar-refractivity contribution in [2.24, 2.45) is 0 Å². The Hall–Kier alpha value is -2.87. The second kappa shape index (κ2) is 8.94. The lowest BCUT2D eigenvalue weighted by molar-refractivity contribution is 0.0751. The summed E-state index contributed by atoms with van der Waals surface area (Å²) in [7, 11) is 0. The number of carbonyl (C=O) groups excluding carboxylic acids is 2. The highest BCUT2D eigenvalue weighted by Crippen LogP contribution is 2.35. The predicted octanol–water partition coefficient (Wildman–Crippen LogP) is 5.83. The van der Waals surface area contributed by atoms with Crippen LogP contribution in [0.1, 0.15) is 19.3 Å². The number of piperazine rings is 1. The lowest BCUT2D eigenvalue weighted by Crippen LogP contribution is -2.48. The highest BCUT2D eigenvalue weighted by molar-refractivity contribution is 7.21. The number of rotatable bonds is 4. The van der Waals surface area contributed by atoms with Crippen LogP contribution in [0.4, 0.5) is 11.4 Å². The monoisotopic (exact) mass is 481 g/mol. The van der Waals surface area contributed by atoms with Gasteiger partial charge in [0.25, 0.3) is 11.8 Å². The molecule has 8 heteroatoms. The molecule has 32 heavy (non-hydrogen) atoms. The van der Waals surface area contributed by atoms with Crippen molar-refractivity contribution in [3.8, 4) is 0 Å². The zero-order valence-electron chi connectivity index (χ0n) is 17.1. The molecule has 0 saturated carbocycles. The molecule has 1 aliphatic heterocycles. The van der Waals surface area contributed by atoms with Crippen LogP contribution in [-0.4, -0.2) is 42.9 Å². The summed E-state index contributed by atoms with van der Waals surface area (Å²) in [4.78, 5) is 30.7. The van der Waals surface area contributed by atoms with E-state index in [9.17, 15) is 9.59 Å². The van der Waals surface area contributed by atoms with E-state index in [-0.39, 0.29) is 11.8 Å². The summed E-state index contributed by atoms with van der Waals surface area (Å²) in [5, 5.41) is 6.27. The average Bonchev–Trinajstić information content (AvgIpc) is 3.48. The van der Waals surface area contributed by atoms with Gasteiger partial charge >= 0.3 is 0 Å². The van der Waals surface area contributed by atoms with E-state index in [1.807, 2.05) is 70.9 Å². The molecule has 1 N–H and O–H groups in total. The smallest absolute Gasteiger partial charge is 0.267 e. The van der Waals surface area contributed by atoms with Crippen LogP contribution in [-0.2, 0) is 0 Å². The number of halogens is 1. The van der Waals surface area contributed by atoms with Crippen molar-refractivity contribution in [2.75, 3.05) is 36.4 Å². The van der Waals surface area contributed by atoms with Crippen LogP contribution in [0.15, 0.2) is 66.0 Å². The second-order valence-electron chi connectivity index (χ2n) is 7.50. The Balaban J connectivity index is 1.21. The molecule has 3 heterocycles. The Morgan fingerprint density at radius 1 is 0.906 bits per heavy atom. The lowest BCUT2D eigenvalue weighted by Gasteiger charge is -2.36. The second-order valence-corrected chi connectivity index (χ2v) is 9.88. The van der Waals surface area contributed by atoms with Crippen molar-refractivity contribution in [1.29, 1.82) is 0 Å². The number of nitrogens with one attached hydrogen (secondary N) is 1. The molecule has 5 rings (SSSR count). The van der Waals surface area contributed by atoms with E-state index in [0.717, 1.165) is 39.4 Å². The molecular formula is C24H20ClN3O2S2. The average molecular weight is 482 g/mol. The van der Waals surface area contributed by atoms with Gasteiger partial charge in [-0.15, -0.1) is 22.7 Å². The third kappa shape index (κ3) is 4.11. The summed E-state index contributed by atoms with van der Waals surface area (Å²) < 4.78 is 0.995. The largest absolute Gasteiger partial charge is 0.368 e. The van der Waals surface area contributed by atoms with Gasteiger partial charge in [0.15, 0.2) is 0 Å². The van der Waals surface area contributed by atoms with Crippen molar-refractivity contribution < 1.29 is 9.59 Å². The molecule has 5 nitrogen and oxygen atoms in total.